The van der Waals surface area contributed by atoms with Crippen LogP contribution in [-0.4, -0.2) is 23.4 Å². The van der Waals surface area contributed by atoms with Gasteiger partial charge < -0.3 is 5.32 Å². The van der Waals surface area contributed by atoms with E-state index in [0.717, 1.165) is 18.8 Å². The molecule has 96 valence electrons. The Labute approximate surface area is 105 Å². The number of rotatable bonds is 5. The van der Waals surface area contributed by atoms with Gasteiger partial charge in [-0.15, -0.1) is 0 Å². The highest BCUT2D eigenvalue weighted by Gasteiger charge is 2.34. The molecule has 1 aliphatic carbocycles. The van der Waals surface area contributed by atoms with E-state index in [1.165, 1.54) is 37.8 Å². The molecule has 1 fully saturated rings. The van der Waals surface area contributed by atoms with Crippen LogP contribution in [0.3, 0.4) is 0 Å². The van der Waals surface area contributed by atoms with Crippen molar-refractivity contribution in [3.05, 3.63) is 17.5 Å². The van der Waals surface area contributed by atoms with Crippen molar-refractivity contribution in [2.45, 2.75) is 52.5 Å². The molecule has 3 heteroatoms. The fourth-order valence-corrected chi connectivity index (χ4v) is 3.32. The quantitative estimate of drug-likeness (QED) is 0.850. The Hall–Kier alpha value is -0.830. The molecule has 3 nitrogen and oxygen atoms in total. The molecule has 17 heavy (non-hydrogen) atoms. The summed E-state index contributed by atoms with van der Waals surface area (Å²) in [5, 5.41) is 7.94. The second-order valence-electron chi connectivity index (χ2n) is 5.51. The summed E-state index contributed by atoms with van der Waals surface area (Å²) in [7, 11) is 2.07. The summed E-state index contributed by atoms with van der Waals surface area (Å²) in [5.41, 5.74) is 3.05. The van der Waals surface area contributed by atoms with Crippen molar-refractivity contribution >= 4 is 0 Å². The zero-order chi connectivity index (χ0) is 12.3. The normalized spacial score (nSPS) is 18.8. The van der Waals surface area contributed by atoms with Crippen molar-refractivity contribution in [1.29, 1.82) is 0 Å². The first-order valence-corrected chi connectivity index (χ1v) is 6.87. The van der Waals surface area contributed by atoms with Gasteiger partial charge in [0.1, 0.15) is 0 Å². The van der Waals surface area contributed by atoms with Crippen LogP contribution in [0.15, 0.2) is 6.07 Å². The molecule has 0 spiro atoms. The lowest BCUT2D eigenvalue weighted by Crippen LogP contribution is -2.32. The molecule has 0 saturated heterocycles. The number of aryl methyl sites for hydroxylation is 2. The average molecular weight is 235 g/mol. The molecule has 0 amide bonds. The Bertz CT molecular complexity index is 362. The first-order valence-electron chi connectivity index (χ1n) is 6.87. The van der Waals surface area contributed by atoms with Crippen molar-refractivity contribution < 1.29 is 0 Å². The third-order valence-corrected chi connectivity index (χ3v) is 4.06. The summed E-state index contributed by atoms with van der Waals surface area (Å²) in [4.78, 5) is 0. The largest absolute Gasteiger partial charge is 0.319 e. The van der Waals surface area contributed by atoms with Gasteiger partial charge in [-0.25, -0.2) is 0 Å². The van der Waals surface area contributed by atoms with Gasteiger partial charge in [-0.05, 0) is 51.6 Å². The number of nitrogens with one attached hydrogen (secondary N) is 1. The van der Waals surface area contributed by atoms with Gasteiger partial charge in [0.15, 0.2) is 0 Å². The summed E-state index contributed by atoms with van der Waals surface area (Å²) >= 11 is 0. The van der Waals surface area contributed by atoms with Crippen molar-refractivity contribution in [2.24, 2.45) is 5.41 Å². The summed E-state index contributed by atoms with van der Waals surface area (Å²) in [5.74, 6) is 0. The van der Waals surface area contributed by atoms with Crippen LogP contribution in [0.4, 0.5) is 0 Å². The van der Waals surface area contributed by atoms with Gasteiger partial charge >= 0.3 is 0 Å². The molecule has 0 aromatic carbocycles. The van der Waals surface area contributed by atoms with Crippen LogP contribution in [0.5, 0.6) is 0 Å². The van der Waals surface area contributed by atoms with Gasteiger partial charge in [0.2, 0.25) is 0 Å². The molecule has 1 aromatic rings. The second-order valence-corrected chi connectivity index (χ2v) is 5.51. The van der Waals surface area contributed by atoms with Crippen LogP contribution in [0, 0.1) is 12.3 Å². The maximum absolute atomic E-state index is 4.56. The highest BCUT2D eigenvalue weighted by Crippen LogP contribution is 2.40. The number of aromatic nitrogens is 2. The lowest BCUT2D eigenvalue weighted by molar-refractivity contribution is 0.278. The molecule has 0 unspecified atom stereocenters. The molecule has 1 aliphatic rings. The zero-order valence-electron chi connectivity index (χ0n) is 11.4. The molecule has 0 atom stereocenters. The van der Waals surface area contributed by atoms with E-state index in [9.17, 15) is 0 Å². The van der Waals surface area contributed by atoms with Crippen LogP contribution in [0.2, 0.25) is 0 Å². The minimum Gasteiger partial charge on any atom is -0.319 e. The topological polar surface area (TPSA) is 29.9 Å². The SMILES string of the molecule is CCn1nc(C)cc1CC1(CNC)CCCC1. The van der Waals surface area contributed by atoms with E-state index >= 15 is 0 Å². The Kier molecular flexibility index (Phi) is 3.87. The summed E-state index contributed by atoms with van der Waals surface area (Å²) in [6.07, 6.45) is 6.69. The molecule has 0 aliphatic heterocycles. The Morgan fingerprint density at radius 3 is 2.71 bits per heavy atom. The Morgan fingerprint density at radius 1 is 1.41 bits per heavy atom. The molecular weight excluding hydrogens is 210 g/mol. The van der Waals surface area contributed by atoms with E-state index in [2.05, 4.69) is 42.1 Å². The van der Waals surface area contributed by atoms with Gasteiger partial charge in [-0.1, -0.05) is 12.8 Å². The van der Waals surface area contributed by atoms with Crippen molar-refractivity contribution in [2.75, 3.05) is 13.6 Å². The average Bonchev–Trinajstić information content (AvgIpc) is 2.87. The first kappa shape index (κ1) is 12.6. The Balaban J connectivity index is 2.16. The molecule has 1 saturated carbocycles. The number of hydrogen-bond acceptors (Lipinski definition) is 2. The minimum atomic E-state index is 0.480. The molecule has 0 radical (unpaired) electrons. The highest BCUT2D eigenvalue weighted by atomic mass is 15.3. The fourth-order valence-electron chi connectivity index (χ4n) is 3.32. The van der Waals surface area contributed by atoms with Crippen LogP contribution in [0.25, 0.3) is 0 Å². The predicted octanol–water partition coefficient (Wildman–Crippen LogP) is 2.53. The molecular formula is C14H25N3. The third-order valence-electron chi connectivity index (χ3n) is 4.06. The predicted molar refractivity (Wildman–Crippen MR) is 71.2 cm³/mol. The lowest BCUT2D eigenvalue weighted by atomic mass is 9.81. The highest BCUT2D eigenvalue weighted by molar-refractivity contribution is 5.12. The van der Waals surface area contributed by atoms with E-state index in [-0.39, 0.29) is 0 Å². The smallest absolute Gasteiger partial charge is 0.0596 e. The Morgan fingerprint density at radius 2 is 2.12 bits per heavy atom. The summed E-state index contributed by atoms with van der Waals surface area (Å²) in [6.45, 7) is 6.39. The van der Waals surface area contributed by atoms with Gasteiger partial charge in [-0.2, -0.15) is 5.10 Å². The van der Waals surface area contributed by atoms with Crippen molar-refractivity contribution in [3.63, 3.8) is 0 Å². The standard InChI is InChI=1S/C14H25N3/c1-4-17-13(9-12(2)16-17)10-14(11-15-3)7-5-6-8-14/h9,15H,4-8,10-11H2,1-3H3. The third kappa shape index (κ3) is 2.71. The lowest BCUT2D eigenvalue weighted by Gasteiger charge is -2.29. The molecule has 2 rings (SSSR count). The monoisotopic (exact) mass is 235 g/mol. The van der Waals surface area contributed by atoms with Crippen LogP contribution >= 0.6 is 0 Å². The van der Waals surface area contributed by atoms with Gasteiger partial charge in [0.05, 0.1) is 5.69 Å². The van der Waals surface area contributed by atoms with E-state index in [1.54, 1.807) is 0 Å². The van der Waals surface area contributed by atoms with E-state index in [1.807, 2.05) is 0 Å². The molecule has 0 bridgehead atoms. The first-order chi connectivity index (χ1) is 8.19. The van der Waals surface area contributed by atoms with E-state index < -0.39 is 0 Å². The second kappa shape index (κ2) is 5.21. The number of hydrogen-bond donors (Lipinski definition) is 1. The maximum Gasteiger partial charge on any atom is 0.0596 e. The van der Waals surface area contributed by atoms with Gasteiger partial charge in [0.25, 0.3) is 0 Å². The van der Waals surface area contributed by atoms with E-state index in [4.69, 9.17) is 0 Å². The maximum atomic E-state index is 4.56. The van der Waals surface area contributed by atoms with E-state index in [0.29, 0.717) is 5.41 Å². The van der Waals surface area contributed by atoms with Crippen LogP contribution in [-0.2, 0) is 13.0 Å². The van der Waals surface area contributed by atoms with Crippen LogP contribution in [0.1, 0.15) is 44.0 Å². The summed E-state index contributed by atoms with van der Waals surface area (Å²) in [6, 6.07) is 2.26. The van der Waals surface area contributed by atoms with Crippen LogP contribution < -0.4 is 5.32 Å². The van der Waals surface area contributed by atoms with Crippen molar-refractivity contribution in [3.8, 4) is 0 Å². The minimum absolute atomic E-state index is 0.480. The number of nitrogens with zero attached hydrogens (tertiary/aromatic N) is 2. The van der Waals surface area contributed by atoms with Gasteiger partial charge in [-0.3, -0.25) is 4.68 Å². The summed E-state index contributed by atoms with van der Waals surface area (Å²) < 4.78 is 2.17. The molecule has 1 heterocycles. The van der Waals surface area contributed by atoms with Gasteiger partial charge in [0, 0.05) is 18.8 Å². The molecule has 1 N–H and O–H groups in total. The fraction of sp³-hybridized carbons (Fsp3) is 0.786. The van der Waals surface area contributed by atoms with Crippen molar-refractivity contribution in [1.82, 2.24) is 15.1 Å². The molecule has 1 aromatic heterocycles. The zero-order valence-corrected chi connectivity index (χ0v) is 11.4.